The number of rotatable bonds is 5. The van der Waals surface area contributed by atoms with Gasteiger partial charge in [0.25, 0.3) is 5.92 Å². The number of para-hydroxylation sites is 2. The van der Waals surface area contributed by atoms with Gasteiger partial charge in [0.1, 0.15) is 12.4 Å². The second-order valence-electron chi connectivity index (χ2n) is 8.79. The molecule has 0 saturated carbocycles. The van der Waals surface area contributed by atoms with Crippen LogP contribution in [-0.4, -0.2) is 49.5 Å². The normalized spacial score (nSPS) is 14.9. The summed E-state index contributed by atoms with van der Waals surface area (Å²) in [6.07, 6.45) is 1.76. The first-order valence-corrected chi connectivity index (χ1v) is 12.0. The molecule has 7 nitrogen and oxygen atoms in total. The molecule has 0 bridgehead atoms. The van der Waals surface area contributed by atoms with Crippen molar-refractivity contribution in [1.29, 1.82) is 0 Å². The summed E-state index contributed by atoms with van der Waals surface area (Å²) >= 11 is 0. The number of carbonyl (C=O) groups excluding carboxylic acids is 1. The van der Waals surface area contributed by atoms with Crippen molar-refractivity contribution in [3.8, 4) is 5.75 Å². The molecule has 9 heteroatoms. The van der Waals surface area contributed by atoms with Crippen molar-refractivity contribution in [3.05, 3.63) is 77.5 Å². The SMILES string of the molecule is COC(=O)c1ccc(N2CCCCN(Cc3cccc(C(C)(F)F)c3)c3ccccc3OCC2)nn1. The third-order valence-electron chi connectivity index (χ3n) is 6.11. The molecule has 1 aromatic heterocycles. The number of fused-ring (bicyclic) bond motifs is 1. The van der Waals surface area contributed by atoms with Crippen LogP contribution in [0.3, 0.4) is 0 Å². The molecule has 0 spiro atoms. The molecule has 0 aliphatic carbocycles. The van der Waals surface area contributed by atoms with Gasteiger partial charge in [0.2, 0.25) is 0 Å². The highest BCUT2D eigenvalue weighted by Gasteiger charge is 2.24. The highest BCUT2D eigenvalue weighted by Crippen LogP contribution is 2.32. The van der Waals surface area contributed by atoms with E-state index in [0.29, 0.717) is 25.5 Å². The molecule has 0 atom stereocenters. The Balaban J connectivity index is 1.52. The predicted molar refractivity (Wildman–Crippen MR) is 134 cm³/mol. The van der Waals surface area contributed by atoms with E-state index in [2.05, 4.69) is 20.0 Å². The predicted octanol–water partition coefficient (Wildman–Crippen LogP) is 5.06. The number of aromatic nitrogens is 2. The van der Waals surface area contributed by atoms with Crippen LogP contribution in [0.25, 0.3) is 0 Å². The molecule has 2 aromatic carbocycles. The standard InChI is InChI=1S/C27H30F2N4O3/c1-27(28,29)21-9-7-8-20(18-21)19-33-15-6-5-14-32(16-17-36-24-11-4-3-10-23(24)33)25-13-12-22(30-31-25)26(34)35-2/h3-4,7-13,18H,5-6,14-17,19H2,1-2H3. The van der Waals surface area contributed by atoms with E-state index in [1.807, 2.05) is 30.3 Å². The maximum Gasteiger partial charge on any atom is 0.358 e. The Bertz CT molecular complexity index is 1170. The Kier molecular flexibility index (Phi) is 7.97. The summed E-state index contributed by atoms with van der Waals surface area (Å²) in [6.45, 7) is 3.89. The summed E-state index contributed by atoms with van der Waals surface area (Å²) < 4.78 is 38.7. The second-order valence-corrected chi connectivity index (χ2v) is 8.79. The molecule has 0 radical (unpaired) electrons. The highest BCUT2D eigenvalue weighted by atomic mass is 19.3. The number of carbonyl (C=O) groups is 1. The first kappa shape index (κ1) is 25.3. The molecular weight excluding hydrogens is 466 g/mol. The molecule has 3 aromatic rings. The number of hydrogen-bond donors (Lipinski definition) is 0. The Hall–Kier alpha value is -3.75. The van der Waals surface area contributed by atoms with Crippen molar-refractivity contribution < 1.29 is 23.0 Å². The van der Waals surface area contributed by atoms with Gasteiger partial charge in [-0.3, -0.25) is 0 Å². The van der Waals surface area contributed by atoms with Gasteiger partial charge < -0.3 is 19.3 Å². The zero-order chi connectivity index (χ0) is 25.5. The Morgan fingerprint density at radius 1 is 1.03 bits per heavy atom. The number of methoxy groups -OCH3 is 1. The van der Waals surface area contributed by atoms with Crippen molar-refractivity contribution in [2.24, 2.45) is 0 Å². The third-order valence-corrected chi connectivity index (χ3v) is 6.11. The highest BCUT2D eigenvalue weighted by molar-refractivity contribution is 5.87. The van der Waals surface area contributed by atoms with Crippen molar-refractivity contribution in [1.82, 2.24) is 10.2 Å². The second kappa shape index (κ2) is 11.3. The number of benzene rings is 2. The molecule has 190 valence electrons. The Morgan fingerprint density at radius 3 is 2.58 bits per heavy atom. The van der Waals surface area contributed by atoms with Gasteiger partial charge in [-0.2, -0.15) is 0 Å². The number of alkyl halides is 2. The van der Waals surface area contributed by atoms with Crippen molar-refractivity contribution in [2.45, 2.75) is 32.2 Å². The fourth-order valence-corrected chi connectivity index (χ4v) is 4.21. The van der Waals surface area contributed by atoms with Crippen molar-refractivity contribution >= 4 is 17.5 Å². The maximum absolute atomic E-state index is 13.9. The first-order valence-electron chi connectivity index (χ1n) is 12.0. The summed E-state index contributed by atoms with van der Waals surface area (Å²) in [6, 6.07) is 17.8. The zero-order valence-corrected chi connectivity index (χ0v) is 20.5. The van der Waals surface area contributed by atoms with E-state index in [-0.39, 0.29) is 11.3 Å². The van der Waals surface area contributed by atoms with Crippen LogP contribution in [0.5, 0.6) is 5.75 Å². The minimum absolute atomic E-state index is 0.0115. The van der Waals surface area contributed by atoms with Gasteiger partial charge in [0.05, 0.1) is 19.3 Å². The van der Waals surface area contributed by atoms with Gasteiger partial charge in [-0.25, -0.2) is 13.6 Å². The quantitative estimate of drug-likeness (QED) is 0.458. The lowest BCUT2D eigenvalue weighted by Crippen LogP contribution is -2.30. The summed E-state index contributed by atoms with van der Waals surface area (Å²) in [5.74, 6) is -2.02. The smallest absolute Gasteiger partial charge is 0.358 e. The first-order chi connectivity index (χ1) is 17.3. The van der Waals surface area contributed by atoms with Gasteiger partial charge in [-0.1, -0.05) is 30.3 Å². The van der Waals surface area contributed by atoms with Crippen LogP contribution in [0.2, 0.25) is 0 Å². The van der Waals surface area contributed by atoms with E-state index in [9.17, 15) is 13.6 Å². The van der Waals surface area contributed by atoms with E-state index in [1.54, 1.807) is 24.3 Å². The van der Waals surface area contributed by atoms with Gasteiger partial charge in [-0.05, 0) is 48.7 Å². The number of hydrogen-bond acceptors (Lipinski definition) is 7. The summed E-state index contributed by atoms with van der Waals surface area (Å²) in [5.41, 5.74) is 1.92. The van der Waals surface area contributed by atoms with E-state index in [0.717, 1.165) is 49.9 Å². The molecule has 4 rings (SSSR count). The Morgan fingerprint density at radius 2 is 1.83 bits per heavy atom. The lowest BCUT2D eigenvalue weighted by Gasteiger charge is -2.27. The zero-order valence-electron chi connectivity index (χ0n) is 20.5. The molecule has 36 heavy (non-hydrogen) atoms. The molecule has 0 fully saturated rings. The molecule has 0 unspecified atom stereocenters. The average molecular weight is 497 g/mol. The van der Waals surface area contributed by atoms with Gasteiger partial charge in [0.15, 0.2) is 11.5 Å². The summed E-state index contributed by atoms with van der Waals surface area (Å²) in [7, 11) is 1.31. The van der Waals surface area contributed by atoms with Crippen LogP contribution >= 0.6 is 0 Å². The van der Waals surface area contributed by atoms with Crippen molar-refractivity contribution in [2.75, 3.05) is 43.2 Å². The minimum atomic E-state index is -2.89. The molecule has 1 aliphatic rings. The van der Waals surface area contributed by atoms with Crippen LogP contribution in [0.15, 0.2) is 60.7 Å². The fourth-order valence-electron chi connectivity index (χ4n) is 4.21. The van der Waals surface area contributed by atoms with Crippen LogP contribution in [0, 0.1) is 0 Å². The summed E-state index contributed by atoms with van der Waals surface area (Å²) in [5, 5.41) is 8.20. The van der Waals surface area contributed by atoms with E-state index in [4.69, 9.17) is 9.47 Å². The fraction of sp³-hybridized carbons (Fsp3) is 0.370. The summed E-state index contributed by atoms with van der Waals surface area (Å²) in [4.78, 5) is 15.9. The van der Waals surface area contributed by atoms with Gasteiger partial charge in [-0.15, -0.1) is 10.2 Å². The lowest BCUT2D eigenvalue weighted by atomic mass is 10.1. The van der Waals surface area contributed by atoms with E-state index < -0.39 is 11.9 Å². The number of esters is 1. The van der Waals surface area contributed by atoms with Crippen LogP contribution in [0.1, 0.15) is 41.4 Å². The molecule has 0 N–H and O–H groups in total. The topological polar surface area (TPSA) is 67.8 Å². The van der Waals surface area contributed by atoms with Crippen LogP contribution in [0.4, 0.5) is 20.3 Å². The lowest BCUT2D eigenvalue weighted by molar-refractivity contribution is 0.0174. The van der Waals surface area contributed by atoms with E-state index >= 15 is 0 Å². The number of ether oxygens (including phenoxy) is 2. The number of anilines is 2. The maximum atomic E-state index is 13.9. The van der Waals surface area contributed by atoms with E-state index in [1.165, 1.54) is 13.2 Å². The average Bonchev–Trinajstić information content (AvgIpc) is 2.92. The molecule has 0 amide bonds. The molecule has 0 saturated heterocycles. The molecule has 2 heterocycles. The van der Waals surface area contributed by atoms with Crippen LogP contribution in [-0.2, 0) is 17.2 Å². The largest absolute Gasteiger partial charge is 0.490 e. The Labute approximate surface area is 209 Å². The monoisotopic (exact) mass is 496 g/mol. The third kappa shape index (κ3) is 6.27. The number of halogens is 2. The minimum Gasteiger partial charge on any atom is -0.490 e. The van der Waals surface area contributed by atoms with Crippen LogP contribution < -0.4 is 14.5 Å². The molecular formula is C27H30F2N4O3. The van der Waals surface area contributed by atoms with Gasteiger partial charge >= 0.3 is 5.97 Å². The van der Waals surface area contributed by atoms with Gasteiger partial charge in [0, 0.05) is 32.1 Å². The van der Waals surface area contributed by atoms with Crippen molar-refractivity contribution in [3.63, 3.8) is 0 Å². The number of nitrogens with zero attached hydrogens (tertiary/aromatic N) is 4. The molecule has 1 aliphatic heterocycles.